The first kappa shape index (κ1) is 19.4. The Morgan fingerprint density at radius 1 is 1.13 bits per heavy atom. The molecule has 0 saturated heterocycles. The minimum absolute atomic E-state index is 0.176. The van der Waals surface area contributed by atoms with E-state index in [1.807, 2.05) is 0 Å². The zero-order valence-corrected chi connectivity index (χ0v) is 15.0. The van der Waals surface area contributed by atoms with Crippen LogP contribution in [0, 0.1) is 0 Å². The molecule has 0 unspecified atom stereocenters. The molecule has 0 aliphatic carbocycles. The van der Waals surface area contributed by atoms with Gasteiger partial charge >= 0.3 is 0 Å². The number of nitrogens with zero attached hydrogens (tertiary/aromatic N) is 1. The highest BCUT2D eigenvalue weighted by atomic mass is 19.1. The van der Waals surface area contributed by atoms with Crippen LogP contribution in [0.25, 0.3) is 0 Å². The molecule has 1 aromatic carbocycles. The summed E-state index contributed by atoms with van der Waals surface area (Å²) < 4.78 is 12.7. The molecule has 0 bridgehead atoms. The number of benzene rings is 1. The third-order valence-electron chi connectivity index (χ3n) is 3.69. The minimum atomic E-state index is -0.439. The van der Waals surface area contributed by atoms with E-state index in [1.165, 1.54) is 17.2 Å². The third-order valence-corrected chi connectivity index (χ3v) is 3.69. The number of hydrogen-bond acceptors (Lipinski definition) is 1. The maximum atomic E-state index is 12.7. The Kier molecular flexibility index (Phi) is 7.44. The lowest BCUT2D eigenvalue weighted by Crippen LogP contribution is -2.26. The highest BCUT2D eigenvalue weighted by molar-refractivity contribution is 5.28. The molecular formula is C21H30FN. The van der Waals surface area contributed by atoms with Crippen LogP contribution in [-0.2, 0) is 12.0 Å². The van der Waals surface area contributed by atoms with Crippen LogP contribution in [0.5, 0.6) is 0 Å². The van der Waals surface area contributed by atoms with Gasteiger partial charge in [0, 0.05) is 13.1 Å². The second-order valence-corrected chi connectivity index (χ2v) is 7.10. The van der Waals surface area contributed by atoms with Crippen molar-refractivity contribution in [2.24, 2.45) is 0 Å². The van der Waals surface area contributed by atoms with Gasteiger partial charge in [-0.1, -0.05) is 71.2 Å². The van der Waals surface area contributed by atoms with E-state index >= 15 is 0 Å². The van der Waals surface area contributed by atoms with Crippen LogP contribution < -0.4 is 0 Å². The first-order valence-electron chi connectivity index (χ1n) is 8.24. The molecule has 126 valence electrons. The largest absolute Gasteiger partial charge is 0.295 e. The molecule has 0 saturated carbocycles. The predicted molar refractivity (Wildman–Crippen MR) is 99.2 cm³/mol. The van der Waals surface area contributed by atoms with Crippen molar-refractivity contribution in [3.8, 4) is 0 Å². The Morgan fingerprint density at radius 2 is 1.74 bits per heavy atom. The van der Waals surface area contributed by atoms with Crippen LogP contribution in [0.4, 0.5) is 4.39 Å². The van der Waals surface area contributed by atoms with Crippen molar-refractivity contribution in [1.29, 1.82) is 0 Å². The van der Waals surface area contributed by atoms with Crippen LogP contribution in [0.1, 0.15) is 45.2 Å². The van der Waals surface area contributed by atoms with Gasteiger partial charge in [0.1, 0.15) is 5.83 Å². The molecule has 0 atom stereocenters. The Labute approximate surface area is 141 Å². The second-order valence-electron chi connectivity index (χ2n) is 7.10. The summed E-state index contributed by atoms with van der Waals surface area (Å²) >= 11 is 0. The number of rotatable bonds is 8. The van der Waals surface area contributed by atoms with Crippen molar-refractivity contribution < 1.29 is 4.39 Å². The fraction of sp³-hybridized carbons (Fsp3) is 0.429. The average molecular weight is 315 g/mol. The number of halogens is 1. The standard InChI is InChI=1S/C21H30FN/c1-7-14-23(15-17(2)8-9-18(3)22)16-19-10-12-20(13-11-19)21(4,5)6/h8-13H,2-3,7,14-16H2,1,4-6H3. The molecule has 2 heteroatoms. The lowest BCUT2D eigenvalue weighted by molar-refractivity contribution is 0.291. The van der Waals surface area contributed by atoms with Crippen LogP contribution in [-0.4, -0.2) is 18.0 Å². The van der Waals surface area contributed by atoms with E-state index < -0.39 is 5.83 Å². The topological polar surface area (TPSA) is 3.24 Å². The Morgan fingerprint density at radius 3 is 2.22 bits per heavy atom. The second kappa shape index (κ2) is 8.83. The highest BCUT2D eigenvalue weighted by Gasteiger charge is 2.13. The molecule has 0 spiro atoms. The maximum absolute atomic E-state index is 12.7. The lowest BCUT2D eigenvalue weighted by Gasteiger charge is -2.23. The van der Waals surface area contributed by atoms with Crippen molar-refractivity contribution in [3.05, 3.63) is 72.1 Å². The van der Waals surface area contributed by atoms with E-state index in [-0.39, 0.29) is 5.41 Å². The predicted octanol–water partition coefficient (Wildman–Crippen LogP) is 5.79. The maximum Gasteiger partial charge on any atom is 0.116 e. The first-order valence-corrected chi connectivity index (χ1v) is 8.24. The molecule has 0 aliphatic rings. The molecule has 0 fully saturated rings. The highest BCUT2D eigenvalue weighted by Crippen LogP contribution is 2.22. The van der Waals surface area contributed by atoms with Gasteiger partial charge in [0.15, 0.2) is 0 Å². The van der Waals surface area contributed by atoms with Gasteiger partial charge in [0.2, 0.25) is 0 Å². The number of allylic oxidation sites excluding steroid dienone is 2. The van der Waals surface area contributed by atoms with Crippen LogP contribution >= 0.6 is 0 Å². The molecule has 0 N–H and O–H groups in total. The van der Waals surface area contributed by atoms with Crippen LogP contribution in [0.3, 0.4) is 0 Å². The average Bonchev–Trinajstić information content (AvgIpc) is 2.45. The van der Waals surface area contributed by atoms with Crippen molar-refractivity contribution in [2.75, 3.05) is 13.1 Å². The third kappa shape index (κ3) is 7.43. The molecule has 0 aliphatic heterocycles. The van der Waals surface area contributed by atoms with E-state index in [0.29, 0.717) is 0 Å². The summed E-state index contributed by atoms with van der Waals surface area (Å²) in [5, 5.41) is 0. The van der Waals surface area contributed by atoms with E-state index in [9.17, 15) is 4.39 Å². The van der Waals surface area contributed by atoms with Gasteiger partial charge in [-0.15, -0.1) is 0 Å². The summed E-state index contributed by atoms with van der Waals surface area (Å²) in [6.07, 6.45) is 4.14. The van der Waals surface area contributed by atoms with Crippen molar-refractivity contribution in [2.45, 2.75) is 46.1 Å². The van der Waals surface area contributed by atoms with Crippen molar-refractivity contribution >= 4 is 0 Å². The fourth-order valence-corrected chi connectivity index (χ4v) is 2.45. The van der Waals surface area contributed by atoms with Gasteiger partial charge in [-0.3, -0.25) is 4.90 Å². The van der Waals surface area contributed by atoms with Crippen molar-refractivity contribution in [3.63, 3.8) is 0 Å². The van der Waals surface area contributed by atoms with Crippen LogP contribution in [0.2, 0.25) is 0 Å². The summed E-state index contributed by atoms with van der Waals surface area (Å²) in [7, 11) is 0. The monoisotopic (exact) mass is 315 g/mol. The quantitative estimate of drug-likeness (QED) is 0.549. The molecule has 0 aromatic heterocycles. The SMILES string of the molecule is C=C(F)C=CC(=C)CN(CCC)Cc1ccc(C(C)(C)C)cc1. The molecule has 1 aromatic rings. The Balaban J connectivity index is 2.72. The van der Waals surface area contributed by atoms with Gasteiger partial charge in [0.25, 0.3) is 0 Å². The molecule has 0 amide bonds. The molecule has 0 radical (unpaired) electrons. The number of hydrogen-bond donors (Lipinski definition) is 0. The molecule has 23 heavy (non-hydrogen) atoms. The molecular weight excluding hydrogens is 285 g/mol. The molecule has 0 heterocycles. The van der Waals surface area contributed by atoms with Gasteiger partial charge in [-0.25, -0.2) is 4.39 Å². The van der Waals surface area contributed by atoms with Gasteiger partial charge in [-0.2, -0.15) is 0 Å². The van der Waals surface area contributed by atoms with Gasteiger partial charge < -0.3 is 0 Å². The van der Waals surface area contributed by atoms with E-state index in [2.05, 4.69) is 70.0 Å². The Bertz CT molecular complexity index is 546. The van der Waals surface area contributed by atoms with Gasteiger partial charge in [0.05, 0.1) is 0 Å². The van der Waals surface area contributed by atoms with E-state index in [4.69, 9.17) is 0 Å². The van der Waals surface area contributed by atoms with Crippen molar-refractivity contribution in [1.82, 2.24) is 4.90 Å². The van der Waals surface area contributed by atoms with E-state index in [0.717, 1.165) is 31.6 Å². The van der Waals surface area contributed by atoms with Crippen LogP contribution in [0.15, 0.2) is 61.0 Å². The first-order chi connectivity index (χ1) is 10.7. The smallest absolute Gasteiger partial charge is 0.116 e. The van der Waals surface area contributed by atoms with Gasteiger partial charge in [-0.05, 0) is 41.2 Å². The minimum Gasteiger partial charge on any atom is -0.295 e. The molecule has 1 rings (SSSR count). The summed E-state index contributed by atoms with van der Waals surface area (Å²) in [4.78, 5) is 2.33. The summed E-state index contributed by atoms with van der Waals surface area (Å²) in [6.45, 7) is 18.7. The Hall–Kier alpha value is -1.67. The fourth-order valence-electron chi connectivity index (χ4n) is 2.45. The molecule has 1 nitrogen and oxygen atoms in total. The normalized spacial score (nSPS) is 12.1. The summed E-state index contributed by atoms with van der Waals surface area (Å²) in [5.41, 5.74) is 3.70. The summed E-state index contributed by atoms with van der Waals surface area (Å²) in [6, 6.07) is 8.82. The van der Waals surface area contributed by atoms with E-state index in [1.54, 1.807) is 6.08 Å². The lowest BCUT2D eigenvalue weighted by atomic mass is 9.87. The summed E-state index contributed by atoms with van der Waals surface area (Å²) in [5.74, 6) is -0.439. The zero-order chi connectivity index (χ0) is 17.5. The zero-order valence-electron chi connectivity index (χ0n) is 15.0.